The number of hydrogen-bond acceptors (Lipinski definition) is 4. The zero-order valence-corrected chi connectivity index (χ0v) is 17.6. The Bertz CT molecular complexity index is 858. The molecule has 1 atom stereocenters. The molecule has 0 aliphatic carbocycles. The maximum absolute atomic E-state index is 13.1. The van der Waals surface area contributed by atoms with E-state index in [2.05, 4.69) is 10.6 Å². The molecule has 164 valence electrons. The first-order valence-corrected chi connectivity index (χ1v) is 10.7. The number of nitrogens with zero attached hydrogens (tertiary/aromatic N) is 1. The summed E-state index contributed by atoms with van der Waals surface area (Å²) in [5.41, 5.74) is 0.908. The van der Waals surface area contributed by atoms with Crippen molar-refractivity contribution in [3.05, 3.63) is 66.2 Å². The van der Waals surface area contributed by atoms with E-state index in [0.717, 1.165) is 24.8 Å². The summed E-state index contributed by atoms with van der Waals surface area (Å²) in [4.78, 5) is 39.4. The van der Waals surface area contributed by atoms with Crippen molar-refractivity contribution >= 4 is 17.7 Å². The Morgan fingerprint density at radius 1 is 1.00 bits per heavy atom. The first-order valence-electron chi connectivity index (χ1n) is 10.7. The second-order valence-corrected chi connectivity index (χ2v) is 7.51. The molecule has 1 heterocycles. The summed E-state index contributed by atoms with van der Waals surface area (Å²) >= 11 is 0. The zero-order valence-electron chi connectivity index (χ0n) is 17.6. The lowest BCUT2D eigenvalue weighted by atomic mass is 10.00. The smallest absolute Gasteiger partial charge is 0.258 e. The summed E-state index contributed by atoms with van der Waals surface area (Å²) in [7, 11) is 0. The highest BCUT2D eigenvalue weighted by molar-refractivity contribution is 5.86. The number of para-hydroxylation sites is 1. The van der Waals surface area contributed by atoms with Crippen LogP contribution in [0.3, 0.4) is 0 Å². The van der Waals surface area contributed by atoms with Crippen molar-refractivity contribution in [1.82, 2.24) is 15.5 Å². The van der Waals surface area contributed by atoms with Crippen molar-refractivity contribution in [3.8, 4) is 5.75 Å². The highest BCUT2D eigenvalue weighted by Crippen LogP contribution is 2.25. The minimum absolute atomic E-state index is 0.0751. The molecule has 3 amide bonds. The van der Waals surface area contributed by atoms with E-state index in [4.69, 9.17) is 4.74 Å². The third kappa shape index (κ3) is 7.13. The van der Waals surface area contributed by atoms with Gasteiger partial charge in [-0.05, 0) is 37.0 Å². The number of rotatable bonds is 6. The Morgan fingerprint density at radius 2 is 1.71 bits per heavy atom. The van der Waals surface area contributed by atoms with Crippen LogP contribution in [0.1, 0.15) is 37.3 Å². The van der Waals surface area contributed by atoms with Gasteiger partial charge in [0.1, 0.15) is 5.75 Å². The van der Waals surface area contributed by atoms with Crippen molar-refractivity contribution in [2.75, 3.05) is 26.2 Å². The largest absolute Gasteiger partial charge is 0.484 e. The normalized spacial score (nSPS) is 17.4. The van der Waals surface area contributed by atoms with Crippen molar-refractivity contribution in [1.29, 1.82) is 0 Å². The highest BCUT2D eigenvalue weighted by Gasteiger charge is 2.27. The third-order valence-corrected chi connectivity index (χ3v) is 5.21. The molecule has 2 aromatic carbocycles. The summed E-state index contributed by atoms with van der Waals surface area (Å²) in [6.45, 7) is 0.900. The van der Waals surface area contributed by atoms with E-state index in [0.29, 0.717) is 18.8 Å². The molecule has 7 nitrogen and oxygen atoms in total. The van der Waals surface area contributed by atoms with Gasteiger partial charge in [0.05, 0.1) is 19.0 Å². The van der Waals surface area contributed by atoms with Gasteiger partial charge in [-0.1, -0.05) is 48.5 Å². The second kappa shape index (κ2) is 11.7. The van der Waals surface area contributed by atoms with Gasteiger partial charge in [-0.3, -0.25) is 14.4 Å². The molecule has 1 unspecified atom stereocenters. The Balaban J connectivity index is 1.64. The Morgan fingerprint density at radius 3 is 2.45 bits per heavy atom. The van der Waals surface area contributed by atoms with E-state index in [9.17, 15) is 14.4 Å². The number of carbonyl (C=O) groups excluding carboxylic acids is 3. The van der Waals surface area contributed by atoms with E-state index in [1.807, 2.05) is 48.5 Å². The molecular formula is C24H29N3O4. The monoisotopic (exact) mass is 423 g/mol. The van der Waals surface area contributed by atoms with Gasteiger partial charge in [-0.2, -0.15) is 0 Å². The minimum atomic E-state index is -0.371. The Kier molecular flexibility index (Phi) is 8.46. The van der Waals surface area contributed by atoms with Gasteiger partial charge >= 0.3 is 0 Å². The van der Waals surface area contributed by atoms with Crippen LogP contribution in [0.5, 0.6) is 5.75 Å². The fourth-order valence-corrected chi connectivity index (χ4v) is 3.59. The summed E-state index contributed by atoms with van der Waals surface area (Å²) in [6.07, 6.45) is 2.84. The van der Waals surface area contributed by atoms with Crippen LogP contribution in [0.15, 0.2) is 60.7 Å². The molecule has 1 saturated heterocycles. The van der Waals surface area contributed by atoms with Crippen LogP contribution in [0.25, 0.3) is 0 Å². The molecule has 0 aromatic heterocycles. The van der Waals surface area contributed by atoms with Gasteiger partial charge in [0.2, 0.25) is 11.8 Å². The fourth-order valence-electron chi connectivity index (χ4n) is 3.59. The highest BCUT2D eigenvalue weighted by atomic mass is 16.5. The number of amides is 3. The van der Waals surface area contributed by atoms with Gasteiger partial charge in [0.25, 0.3) is 5.91 Å². The molecular weight excluding hydrogens is 394 g/mol. The van der Waals surface area contributed by atoms with E-state index >= 15 is 0 Å². The summed E-state index contributed by atoms with van der Waals surface area (Å²) in [6, 6.07) is 18.2. The van der Waals surface area contributed by atoms with E-state index in [1.165, 1.54) is 0 Å². The van der Waals surface area contributed by atoms with Gasteiger partial charge in [0.15, 0.2) is 6.61 Å². The number of hydrogen-bond donors (Lipinski definition) is 2. The first kappa shape index (κ1) is 22.3. The SMILES string of the molecule is O=C(COc1ccccc1)NCC(=O)N1CCCCCNC(=O)CC1c1ccccc1. The van der Waals surface area contributed by atoms with Gasteiger partial charge in [-0.25, -0.2) is 0 Å². The van der Waals surface area contributed by atoms with Crippen LogP contribution >= 0.6 is 0 Å². The minimum Gasteiger partial charge on any atom is -0.484 e. The predicted molar refractivity (Wildman–Crippen MR) is 117 cm³/mol. The lowest BCUT2D eigenvalue weighted by Crippen LogP contribution is -2.45. The van der Waals surface area contributed by atoms with Crippen molar-refractivity contribution in [3.63, 3.8) is 0 Å². The lowest BCUT2D eigenvalue weighted by molar-refractivity contribution is -0.136. The molecule has 31 heavy (non-hydrogen) atoms. The average Bonchev–Trinajstić information content (AvgIpc) is 2.81. The summed E-state index contributed by atoms with van der Waals surface area (Å²) in [5.74, 6) is -0.0633. The first-order chi connectivity index (χ1) is 15.1. The second-order valence-electron chi connectivity index (χ2n) is 7.51. The van der Waals surface area contributed by atoms with Crippen LogP contribution in [0.4, 0.5) is 0 Å². The molecule has 1 aliphatic rings. The quantitative estimate of drug-likeness (QED) is 0.747. The number of ether oxygens (including phenoxy) is 1. The van der Waals surface area contributed by atoms with Crippen molar-refractivity contribution in [2.45, 2.75) is 31.7 Å². The molecule has 1 fully saturated rings. The van der Waals surface area contributed by atoms with E-state index in [-0.39, 0.29) is 43.3 Å². The van der Waals surface area contributed by atoms with E-state index < -0.39 is 0 Å². The van der Waals surface area contributed by atoms with Crippen LogP contribution in [0, 0.1) is 0 Å². The molecule has 2 N–H and O–H groups in total. The maximum Gasteiger partial charge on any atom is 0.258 e. The molecule has 2 aromatic rings. The van der Waals surface area contributed by atoms with Gasteiger partial charge in [0, 0.05) is 13.1 Å². The van der Waals surface area contributed by atoms with Crippen LogP contribution in [-0.2, 0) is 14.4 Å². The zero-order chi connectivity index (χ0) is 21.9. The number of benzene rings is 2. The molecule has 1 aliphatic heterocycles. The number of carbonyl (C=O) groups is 3. The van der Waals surface area contributed by atoms with Crippen molar-refractivity contribution in [2.24, 2.45) is 0 Å². The van der Waals surface area contributed by atoms with Crippen molar-refractivity contribution < 1.29 is 19.1 Å². The maximum atomic E-state index is 13.1. The van der Waals surface area contributed by atoms with Gasteiger partial charge < -0.3 is 20.3 Å². The van der Waals surface area contributed by atoms with Gasteiger partial charge in [-0.15, -0.1) is 0 Å². The van der Waals surface area contributed by atoms with E-state index in [1.54, 1.807) is 17.0 Å². The molecule has 7 heteroatoms. The molecule has 0 radical (unpaired) electrons. The molecule has 0 saturated carbocycles. The van der Waals surface area contributed by atoms with Crippen LogP contribution < -0.4 is 15.4 Å². The summed E-state index contributed by atoms with van der Waals surface area (Å²) in [5, 5.41) is 5.57. The molecule has 0 bridgehead atoms. The Labute approximate surface area is 182 Å². The summed E-state index contributed by atoms with van der Waals surface area (Å²) < 4.78 is 5.43. The topological polar surface area (TPSA) is 87.7 Å². The standard InChI is InChI=1S/C24H29N3O4/c28-22-16-21(19-10-4-1-5-11-19)27(15-9-3-8-14-25-22)24(30)17-26-23(29)18-31-20-12-6-2-7-13-20/h1-2,4-7,10-13,21H,3,8-9,14-18H2,(H,25,28)(H,26,29). The molecule has 0 spiro atoms. The molecule has 3 rings (SSSR count). The Hall–Kier alpha value is -3.35. The average molecular weight is 424 g/mol. The van der Waals surface area contributed by atoms with Crippen LogP contribution in [-0.4, -0.2) is 48.9 Å². The third-order valence-electron chi connectivity index (χ3n) is 5.21. The predicted octanol–water partition coefficient (Wildman–Crippen LogP) is 2.44. The number of nitrogens with one attached hydrogen (secondary N) is 2. The van der Waals surface area contributed by atoms with Crippen LogP contribution in [0.2, 0.25) is 0 Å². The lowest BCUT2D eigenvalue weighted by Gasteiger charge is -2.33. The fraction of sp³-hybridized carbons (Fsp3) is 0.375.